The SMILES string of the molecule is COCCNC(=O)C1(c2ccc(NS(=O)(=O)c3ccccc3C)cc2)CC1. The highest BCUT2D eigenvalue weighted by atomic mass is 32.2. The lowest BCUT2D eigenvalue weighted by Gasteiger charge is -2.16. The summed E-state index contributed by atoms with van der Waals surface area (Å²) >= 11 is 0. The largest absolute Gasteiger partial charge is 0.383 e. The van der Waals surface area contributed by atoms with Crippen molar-refractivity contribution in [3.8, 4) is 0 Å². The lowest BCUT2D eigenvalue weighted by Crippen LogP contribution is -2.36. The summed E-state index contributed by atoms with van der Waals surface area (Å²) < 4.78 is 32.7. The van der Waals surface area contributed by atoms with Crippen molar-refractivity contribution >= 4 is 21.6 Å². The number of sulfonamides is 1. The van der Waals surface area contributed by atoms with Crippen LogP contribution in [-0.4, -0.2) is 34.6 Å². The van der Waals surface area contributed by atoms with E-state index in [1.165, 1.54) is 0 Å². The van der Waals surface area contributed by atoms with Crippen LogP contribution < -0.4 is 10.0 Å². The summed E-state index contributed by atoms with van der Waals surface area (Å²) in [5.41, 5.74) is 1.56. The number of benzene rings is 2. The molecule has 0 bridgehead atoms. The molecular weight excluding hydrogens is 364 g/mol. The number of rotatable bonds is 8. The lowest BCUT2D eigenvalue weighted by molar-refractivity contribution is -0.123. The summed E-state index contributed by atoms with van der Waals surface area (Å²) in [6.07, 6.45) is 1.58. The number of hydrogen-bond acceptors (Lipinski definition) is 4. The van der Waals surface area contributed by atoms with Crippen LogP contribution in [0, 0.1) is 6.92 Å². The van der Waals surface area contributed by atoms with Gasteiger partial charge in [-0.1, -0.05) is 30.3 Å². The first-order valence-electron chi connectivity index (χ1n) is 8.85. The summed E-state index contributed by atoms with van der Waals surface area (Å²) in [7, 11) is -2.06. The van der Waals surface area contributed by atoms with Crippen LogP contribution in [0.25, 0.3) is 0 Å². The topological polar surface area (TPSA) is 84.5 Å². The number of carbonyl (C=O) groups is 1. The van der Waals surface area contributed by atoms with E-state index >= 15 is 0 Å². The molecule has 0 unspecified atom stereocenters. The second-order valence-electron chi connectivity index (χ2n) is 6.78. The minimum Gasteiger partial charge on any atom is -0.383 e. The average molecular weight is 388 g/mol. The molecule has 144 valence electrons. The summed E-state index contributed by atoms with van der Waals surface area (Å²) in [4.78, 5) is 12.7. The Morgan fingerprint density at radius 1 is 1.11 bits per heavy atom. The van der Waals surface area contributed by atoms with Gasteiger partial charge in [0.2, 0.25) is 5.91 Å². The average Bonchev–Trinajstić information content (AvgIpc) is 3.44. The van der Waals surface area contributed by atoms with Crippen LogP contribution >= 0.6 is 0 Å². The van der Waals surface area contributed by atoms with Crippen LogP contribution in [0.15, 0.2) is 53.4 Å². The molecule has 1 aliphatic rings. The van der Waals surface area contributed by atoms with Gasteiger partial charge in [-0.15, -0.1) is 0 Å². The summed E-state index contributed by atoms with van der Waals surface area (Å²) in [5, 5.41) is 2.89. The fourth-order valence-corrected chi connectivity index (χ4v) is 4.44. The van der Waals surface area contributed by atoms with Gasteiger partial charge in [-0.3, -0.25) is 9.52 Å². The second-order valence-corrected chi connectivity index (χ2v) is 8.43. The second kappa shape index (κ2) is 7.70. The fourth-order valence-electron chi connectivity index (χ4n) is 3.13. The Kier molecular flexibility index (Phi) is 5.53. The van der Waals surface area contributed by atoms with Crippen LogP contribution in [0.3, 0.4) is 0 Å². The van der Waals surface area contributed by atoms with Gasteiger partial charge in [0.15, 0.2) is 0 Å². The molecule has 0 radical (unpaired) electrons. The van der Waals surface area contributed by atoms with Gasteiger partial charge in [0, 0.05) is 19.3 Å². The maximum Gasteiger partial charge on any atom is 0.262 e. The minimum absolute atomic E-state index is 0.00667. The van der Waals surface area contributed by atoms with Gasteiger partial charge < -0.3 is 10.1 Å². The van der Waals surface area contributed by atoms with E-state index in [-0.39, 0.29) is 10.8 Å². The van der Waals surface area contributed by atoms with Gasteiger partial charge in [0.05, 0.1) is 16.9 Å². The third-order valence-electron chi connectivity index (χ3n) is 4.85. The third kappa shape index (κ3) is 4.14. The smallest absolute Gasteiger partial charge is 0.262 e. The van der Waals surface area contributed by atoms with E-state index < -0.39 is 15.4 Å². The van der Waals surface area contributed by atoms with Crippen molar-refractivity contribution in [2.75, 3.05) is 25.0 Å². The molecule has 6 nitrogen and oxygen atoms in total. The number of anilines is 1. The lowest BCUT2D eigenvalue weighted by atomic mass is 9.95. The van der Waals surface area contributed by atoms with E-state index in [0.29, 0.717) is 24.4 Å². The zero-order chi connectivity index (χ0) is 19.5. The van der Waals surface area contributed by atoms with Gasteiger partial charge >= 0.3 is 0 Å². The zero-order valence-corrected chi connectivity index (χ0v) is 16.3. The minimum atomic E-state index is -3.65. The maximum absolute atomic E-state index is 12.6. The molecule has 1 amide bonds. The van der Waals surface area contributed by atoms with Crippen molar-refractivity contribution in [1.82, 2.24) is 5.32 Å². The number of methoxy groups -OCH3 is 1. The summed E-state index contributed by atoms with van der Waals surface area (Å²) in [5.74, 6) is -0.00667. The summed E-state index contributed by atoms with van der Waals surface area (Å²) in [6.45, 7) is 2.71. The molecule has 0 aromatic heterocycles. The Hall–Kier alpha value is -2.38. The Labute approximate surface area is 160 Å². The van der Waals surface area contributed by atoms with Crippen LogP contribution in [0.2, 0.25) is 0 Å². The molecule has 3 rings (SSSR count). The number of carbonyl (C=O) groups excluding carboxylic acids is 1. The predicted octanol–water partition coefficient (Wildman–Crippen LogP) is 2.59. The van der Waals surface area contributed by atoms with Gasteiger partial charge in [-0.25, -0.2) is 8.42 Å². The highest BCUT2D eigenvalue weighted by Gasteiger charge is 2.51. The number of amides is 1. The highest BCUT2D eigenvalue weighted by Crippen LogP contribution is 2.48. The Morgan fingerprint density at radius 2 is 1.78 bits per heavy atom. The third-order valence-corrected chi connectivity index (χ3v) is 6.39. The molecule has 27 heavy (non-hydrogen) atoms. The zero-order valence-electron chi connectivity index (χ0n) is 15.5. The van der Waals surface area contributed by atoms with Gasteiger partial charge in [0.25, 0.3) is 10.0 Å². The van der Waals surface area contributed by atoms with E-state index in [0.717, 1.165) is 18.4 Å². The normalized spacial score (nSPS) is 15.2. The van der Waals surface area contributed by atoms with Crippen LogP contribution in [0.5, 0.6) is 0 Å². The number of nitrogens with one attached hydrogen (secondary N) is 2. The highest BCUT2D eigenvalue weighted by molar-refractivity contribution is 7.92. The molecule has 1 saturated carbocycles. The molecule has 0 aliphatic heterocycles. The van der Waals surface area contributed by atoms with Crippen molar-refractivity contribution in [1.29, 1.82) is 0 Å². The van der Waals surface area contributed by atoms with E-state index in [1.807, 2.05) is 12.1 Å². The standard InChI is InChI=1S/C20H24N2O4S/c1-15-5-3-4-6-18(15)27(24,25)22-17-9-7-16(8-10-17)20(11-12-20)19(23)21-13-14-26-2/h3-10,22H,11-14H2,1-2H3,(H,21,23). The molecule has 0 saturated heterocycles. The molecule has 0 spiro atoms. The van der Waals surface area contributed by atoms with E-state index in [4.69, 9.17) is 4.74 Å². The molecule has 2 aromatic rings. The van der Waals surface area contributed by atoms with E-state index in [2.05, 4.69) is 10.0 Å². The number of hydrogen-bond donors (Lipinski definition) is 2. The van der Waals surface area contributed by atoms with Crippen molar-refractivity contribution in [3.05, 3.63) is 59.7 Å². The monoisotopic (exact) mass is 388 g/mol. The molecular formula is C20H24N2O4S. The Balaban J connectivity index is 1.73. The Bertz CT molecular complexity index is 919. The first-order valence-corrected chi connectivity index (χ1v) is 10.3. The van der Waals surface area contributed by atoms with E-state index in [1.54, 1.807) is 50.4 Å². The van der Waals surface area contributed by atoms with Crippen LogP contribution in [0.1, 0.15) is 24.0 Å². The van der Waals surface area contributed by atoms with Crippen molar-refractivity contribution < 1.29 is 17.9 Å². The first-order chi connectivity index (χ1) is 12.9. The van der Waals surface area contributed by atoms with Crippen molar-refractivity contribution in [3.63, 3.8) is 0 Å². The molecule has 2 aromatic carbocycles. The first kappa shape index (κ1) is 19.4. The summed E-state index contributed by atoms with van der Waals surface area (Å²) in [6, 6.07) is 13.9. The van der Waals surface area contributed by atoms with Crippen molar-refractivity contribution in [2.45, 2.75) is 30.1 Å². The van der Waals surface area contributed by atoms with Gasteiger partial charge in [-0.2, -0.15) is 0 Å². The fraction of sp³-hybridized carbons (Fsp3) is 0.350. The number of ether oxygens (including phenoxy) is 1. The molecule has 7 heteroatoms. The Morgan fingerprint density at radius 3 is 2.37 bits per heavy atom. The molecule has 0 heterocycles. The molecule has 0 atom stereocenters. The van der Waals surface area contributed by atoms with Gasteiger partial charge in [0.1, 0.15) is 0 Å². The molecule has 1 aliphatic carbocycles. The van der Waals surface area contributed by atoms with Gasteiger partial charge in [-0.05, 0) is 49.1 Å². The molecule has 2 N–H and O–H groups in total. The van der Waals surface area contributed by atoms with Crippen LogP contribution in [0.4, 0.5) is 5.69 Å². The molecule has 1 fully saturated rings. The maximum atomic E-state index is 12.6. The predicted molar refractivity (Wildman–Crippen MR) is 104 cm³/mol. The van der Waals surface area contributed by atoms with Crippen LogP contribution in [-0.2, 0) is 25.0 Å². The number of aryl methyl sites for hydroxylation is 1. The van der Waals surface area contributed by atoms with E-state index in [9.17, 15) is 13.2 Å². The van der Waals surface area contributed by atoms with Crippen molar-refractivity contribution in [2.24, 2.45) is 0 Å². The quantitative estimate of drug-likeness (QED) is 0.681.